The molecule has 2 heterocycles. The second-order valence-corrected chi connectivity index (χ2v) is 12.5. The zero-order valence-corrected chi connectivity index (χ0v) is 23.6. The Kier molecular flexibility index (Phi) is 9.35. The first-order chi connectivity index (χ1) is 19.0. The predicted molar refractivity (Wildman–Crippen MR) is 154 cm³/mol. The van der Waals surface area contributed by atoms with Crippen molar-refractivity contribution in [2.24, 2.45) is 23.5 Å². The number of likely N-dealkylation sites (tertiary alicyclic amines) is 1. The van der Waals surface area contributed by atoms with E-state index >= 15 is 0 Å². The summed E-state index contributed by atoms with van der Waals surface area (Å²) in [6, 6.07) is 13.3. The fourth-order valence-electron chi connectivity index (χ4n) is 6.23. The Morgan fingerprint density at radius 3 is 2.36 bits per heavy atom. The summed E-state index contributed by atoms with van der Waals surface area (Å²) in [7, 11) is 0. The number of rotatable bonds is 10. The quantitative estimate of drug-likeness (QED) is 0.466. The highest BCUT2D eigenvalue weighted by Crippen LogP contribution is 2.34. The van der Waals surface area contributed by atoms with Crippen molar-refractivity contribution in [2.75, 3.05) is 26.2 Å². The molecule has 2 aromatic rings. The van der Waals surface area contributed by atoms with Crippen LogP contribution in [-0.2, 0) is 16.0 Å². The predicted octanol–water partition coefficient (Wildman–Crippen LogP) is 4.08. The Morgan fingerprint density at radius 1 is 0.949 bits per heavy atom. The van der Waals surface area contributed by atoms with Gasteiger partial charge in [0.05, 0.1) is 4.88 Å². The summed E-state index contributed by atoms with van der Waals surface area (Å²) in [5.41, 5.74) is 7.06. The molecule has 1 aromatic carbocycles. The lowest BCUT2D eigenvalue weighted by molar-refractivity contribution is -0.138. The van der Waals surface area contributed by atoms with Crippen LogP contribution in [0.15, 0.2) is 47.8 Å². The summed E-state index contributed by atoms with van der Waals surface area (Å²) < 4.78 is 0. The molecule has 3 N–H and O–H groups in total. The molecule has 0 spiro atoms. The lowest BCUT2D eigenvalue weighted by Crippen LogP contribution is -2.58. The number of nitrogens with one attached hydrogen (secondary N) is 1. The number of benzene rings is 1. The van der Waals surface area contributed by atoms with Gasteiger partial charge in [-0.3, -0.25) is 14.4 Å². The molecular weight excluding hydrogens is 508 g/mol. The van der Waals surface area contributed by atoms with Gasteiger partial charge in [-0.25, -0.2) is 0 Å². The topological polar surface area (TPSA) is 95.7 Å². The number of piperidine rings is 1. The molecule has 3 aliphatic rings. The SMILES string of the molecule is NCC1CCC(CNC(=O)[C@H]2CC(N(CCc3ccccc3)C(=O)C3CC3)CCN2C(=O)c2cccs2)CC1. The molecule has 2 aliphatic carbocycles. The Morgan fingerprint density at radius 2 is 1.69 bits per heavy atom. The highest BCUT2D eigenvalue weighted by molar-refractivity contribution is 7.12. The maximum Gasteiger partial charge on any atom is 0.264 e. The number of thiophene rings is 1. The Balaban J connectivity index is 1.29. The third-order valence-corrected chi connectivity index (χ3v) is 9.73. The average molecular weight is 551 g/mol. The Labute approximate surface area is 236 Å². The van der Waals surface area contributed by atoms with E-state index in [1.54, 1.807) is 4.90 Å². The fourth-order valence-corrected chi connectivity index (χ4v) is 6.91. The summed E-state index contributed by atoms with van der Waals surface area (Å²) >= 11 is 1.41. The standard InChI is InChI=1S/C31H42N4O3S/c32-20-23-8-10-24(11-9-23)21-33-29(36)27-19-26(15-17-35(27)31(38)28-7-4-18-39-28)34(30(37)25-12-13-25)16-14-22-5-2-1-3-6-22/h1-7,18,23-27H,8-17,19-21,32H2,(H,33,36)/t23?,24?,26?,27-/m1/s1. The van der Waals surface area contributed by atoms with Gasteiger partial charge in [0.25, 0.3) is 5.91 Å². The molecule has 2 saturated carbocycles. The maximum absolute atomic E-state index is 13.7. The third kappa shape index (κ3) is 7.09. The van der Waals surface area contributed by atoms with Gasteiger partial charge in [0, 0.05) is 31.6 Å². The van der Waals surface area contributed by atoms with Crippen molar-refractivity contribution in [2.45, 2.75) is 69.9 Å². The van der Waals surface area contributed by atoms with Crippen LogP contribution in [0.2, 0.25) is 0 Å². The van der Waals surface area contributed by atoms with Crippen molar-refractivity contribution >= 4 is 29.1 Å². The van der Waals surface area contributed by atoms with E-state index in [2.05, 4.69) is 17.4 Å². The minimum Gasteiger partial charge on any atom is -0.354 e. The van der Waals surface area contributed by atoms with Gasteiger partial charge in [-0.1, -0.05) is 36.4 Å². The molecule has 210 valence electrons. The Bertz CT molecular complexity index is 1100. The number of carbonyl (C=O) groups excluding carboxylic acids is 3. The molecule has 5 rings (SSSR count). The van der Waals surface area contributed by atoms with Crippen molar-refractivity contribution in [1.82, 2.24) is 15.1 Å². The molecule has 7 nitrogen and oxygen atoms in total. The van der Waals surface area contributed by atoms with Crippen LogP contribution in [-0.4, -0.2) is 65.8 Å². The minimum atomic E-state index is -0.579. The van der Waals surface area contributed by atoms with Crippen molar-refractivity contribution in [3.05, 3.63) is 58.3 Å². The van der Waals surface area contributed by atoms with Gasteiger partial charge in [-0.15, -0.1) is 11.3 Å². The largest absolute Gasteiger partial charge is 0.354 e. The molecule has 0 radical (unpaired) electrons. The smallest absolute Gasteiger partial charge is 0.264 e. The molecule has 1 unspecified atom stereocenters. The van der Waals surface area contributed by atoms with Crippen LogP contribution in [0.1, 0.15) is 66.6 Å². The highest BCUT2D eigenvalue weighted by Gasteiger charge is 2.42. The number of carbonyl (C=O) groups is 3. The third-order valence-electron chi connectivity index (χ3n) is 8.87. The first-order valence-electron chi connectivity index (χ1n) is 14.7. The maximum atomic E-state index is 13.7. The zero-order chi connectivity index (χ0) is 27.2. The van der Waals surface area contributed by atoms with Crippen LogP contribution in [0.25, 0.3) is 0 Å². The molecule has 3 fully saturated rings. The molecule has 2 atom stereocenters. The number of amides is 3. The van der Waals surface area contributed by atoms with Gasteiger partial charge in [0.1, 0.15) is 6.04 Å². The van der Waals surface area contributed by atoms with E-state index in [1.165, 1.54) is 16.9 Å². The van der Waals surface area contributed by atoms with Crippen molar-refractivity contribution in [3.8, 4) is 0 Å². The van der Waals surface area contributed by atoms with Crippen molar-refractivity contribution < 1.29 is 14.4 Å². The van der Waals surface area contributed by atoms with Gasteiger partial charge in [-0.05, 0) is 93.2 Å². The van der Waals surface area contributed by atoms with Crippen LogP contribution in [0.5, 0.6) is 0 Å². The van der Waals surface area contributed by atoms with E-state index in [1.807, 2.05) is 40.6 Å². The minimum absolute atomic E-state index is 0.0510. The fraction of sp³-hybridized carbons (Fsp3) is 0.581. The van der Waals surface area contributed by atoms with Gasteiger partial charge in [0.15, 0.2) is 0 Å². The number of hydrogen-bond donors (Lipinski definition) is 2. The summed E-state index contributed by atoms with van der Waals surface area (Å²) in [5.74, 6) is 1.20. The molecule has 39 heavy (non-hydrogen) atoms. The molecule has 0 bridgehead atoms. The number of hydrogen-bond acceptors (Lipinski definition) is 5. The van der Waals surface area contributed by atoms with E-state index in [0.29, 0.717) is 49.2 Å². The van der Waals surface area contributed by atoms with E-state index in [9.17, 15) is 14.4 Å². The normalized spacial score (nSPS) is 25.2. The van der Waals surface area contributed by atoms with Crippen LogP contribution in [0.3, 0.4) is 0 Å². The number of nitrogens with zero attached hydrogens (tertiary/aromatic N) is 2. The van der Waals surface area contributed by atoms with E-state index < -0.39 is 6.04 Å². The van der Waals surface area contributed by atoms with Crippen LogP contribution < -0.4 is 11.1 Å². The van der Waals surface area contributed by atoms with E-state index in [4.69, 9.17) is 5.73 Å². The van der Waals surface area contributed by atoms with Gasteiger partial charge < -0.3 is 20.9 Å². The summed E-state index contributed by atoms with van der Waals surface area (Å²) in [6.07, 6.45) is 8.26. The monoisotopic (exact) mass is 550 g/mol. The van der Waals surface area contributed by atoms with Crippen molar-refractivity contribution in [3.63, 3.8) is 0 Å². The molecule has 8 heteroatoms. The summed E-state index contributed by atoms with van der Waals surface area (Å²) in [4.78, 5) is 45.0. The molecule has 1 saturated heterocycles. The first-order valence-corrected chi connectivity index (χ1v) is 15.6. The summed E-state index contributed by atoms with van der Waals surface area (Å²) in [6.45, 7) is 2.49. The molecular formula is C31H42N4O3S. The zero-order valence-electron chi connectivity index (χ0n) is 22.8. The Hall–Kier alpha value is -2.71. The highest BCUT2D eigenvalue weighted by atomic mass is 32.1. The molecule has 3 amide bonds. The lowest BCUT2D eigenvalue weighted by atomic mass is 9.82. The lowest BCUT2D eigenvalue weighted by Gasteiger charge is -2.43. The van der Waals surface area contributed by atoms with E-state index in [0.717, 1.165) is 51.5 Å². The second kappa shape index (κ2) is 13.1. The van der Waals surface area contributed by atoms with Crippen LogP contribution >= 0.6 is 11.3 Å². The van der Waals surface area contributed by atoms with Crippen molar-refractivity contribution in [1.29, 1.82) is 0 Å². The second-order valence-electron chi connectivity index (χ2n) is 11.6. The van der Waals surface area contributed by atoms with Gasteiger partial charge in [-0.2, -0.15) is 0 Å². The van der Waals surface area contributed by atoms with E-state index in [-0.39, 0.29) is 29.7 Å². The van der Waals surface area contributed by atoms with Crippen LogP contribution in [0.4, 0.5) is 0 Å². The van der Waals surface area contributed by atoms with Gasteiger partial charge in [0.2, 0.25) is 11.8 Å². The average Bonchev–Trinajstić information content (AvgIpc) is 3.69. The molecule has 1 aromatic heterocycles. The first kappa shape index (κ1) is 27.8. The van der Waals surface area contributed by atoms with Crippen LogP contribution in [0, 0.1) is 17.8 Å². The summed E-state index contributed by atoms with van der Waals surface area (Å²) in [5, 5.41) is 5.10. The number of nitrogens with two attached hydrogens (primary N) is 1. The molecule has 1 aliphatic heterocycles. The van der Waals surface area contributed by atoms with Gasteiger partial charge >= 0.3 is 0 Å².